The summed E-state index contributed by atoms with van der Waals surface area (Å²) < 4.78 is 42.0. The number of carbonyl (C=O) groups is 1. The summed E-state index contributed by atoms with van der Waals surface area (Å²) in [5.41, 5.74) is 1.98. The number of benzene rings is 1. The van der Waals surface area contributed by atoms with Gasteiger partial charge in [0, 0.05) is 30.5 Å². The number of alkyl halides is 3. The molecule has 5 nitrogen and oxygen atoms in total. The number of nitrogens with zero attached hydrogens (tertiary/aromatic N) is 2. The molecule has 8 heteroatoms. The van der Waals surface area contributed by atoms with Crippen molar-refractivity contribution in [3.63, 3.8) is 0 Å². The first-order chi connectivity index (χ1) is 11.8. The van der Waals surface area contributed by atoms with Crippen molar-refractivity contribution in [1.29, 1.82) is 0 Å². The maximum Gasteiger partial charge on any atom is 0.573 e. The van der Waals surface area contributed by atoms with E-state index in [-0.39, 0.29) is 18.1 Å². The van der Waals surface area contributed by atoms with Gasteiger partial charge in [-0.15, -0.1) is 13.2 Å². The Morgan fingerprint density at radius 2 is 1.96 bits per heavy atom. The normalized spacial score (nSPS) is 11.5. The number of hydrogen-bond donors (Lipinski definition) is 1. The van der Waals surface area contributed by atoms with Crippen molar-refractivity contribution < 1.29 is 22.7 Å². The number of rotatable bonds is 4. The van der Waals surface area contributed by atoms with Crippen LogP contribution in [-0.4, -0.2) is 21.8 Å². The number of fused-ring (bicyclic) bond motifs is 1. The zero-order valence-corrected chi connectivity index (χ0v) is 13.2. The van der Waals surface area contributed by atoms with Gasteiger partial charge in [0.1, 0.15) is 11.4 Å². The summed E-state index contributed by atoms with van der Waals surface area (Å²) in [5.74, 6) is -0.619. The molecule has 1 amide bonds. The lowest BCUT2D eigenvalue weighted by molar-refractivity contribution is -0.274. The van der Waals surface area contributed by atoms with Crippen LogP contribution >= 0.6 is 0 Å². The first-order valence-electron chi connectivity index (χ1n) is 7.36. The largest absolute Gasteiger partial charge is 0.573 e. The van der Waals surface area contributed by atoms with Crippen LogP contribution in [0.5, 0.6) is 5.75 Å². The van der Waals surface area contributed by atoms with E-state index in [0.717, 1.165) is 28.7 Å². The van der Waals surface area contributed by atoms with Crippen LogP contribution in [0.1, 0.15) is 5.56 Å². The van der Waals surface area contributed by atoms with Crippen molar-refractivity contribution in [2.75, 3.05) is 5.32 Å². The van der Waals surface area contributed by atoms with Crippen molar-refractivity contribution >= 4 is 22.6 Å². The fourth-order valence-corrected chi connectivity index (χ4v) is 2.55. The van der Waals surface area contributed by atoms with E-state index < -0.39 is 6.36 Å². The molecule has 0 aliphatic carbocycles. The van der Waals surface area contributed by atoms with E-state index in [1.807, 2.05) is 23.9 Å². The molecule has 2 aromatic heterocycles. The van der Waals surface area contributed by atoms with Gasteiger partial charge in [-0.1, -0.05) is 0 Å². The van der Waals surface area contributed by atoms with Crippen molar-refractivity contribution in [3.8, 4) is 5.75 Å². The molecule has 0 bridgehead atoms. The fourth-order valence-electron chi connectivity index (χ4n) is 2.55. The SMILES string of the molecule is Cn1cc(CC(=O)Nc2ccc(OC(F)(F)F)cc2)c2cccnc21. The summed E-state index contributed by atoms with van der Waals surface area (Å²) in [4.78, 5) is 16.5. The topological polar surface area (TPSA) is 56.2 Å². The number of hydrogen-bond acceptors (Lipinski definition) is 3. The zero-order valence-electron chi connectivity index (χ0n) is 13.2. The standard InChI is InChI=1S/C17H14F3N3O2/c1-23-10-11(14-3-2-8-21-16(14)23)9-15(24)22-12-4-6-13(7-5-12)25-17(18,19)20/h2-8,10H,9H2,1H3,(H,22,24). The highest BCUT2D eigenvalue weighted by Crippen LogP contribution is 2.24. The van der Waals surface area contributed by atoms with Crippen LogP contribution in [0.2, 0.25) is 0 Å². The fraction of sp³-hybridized carbons (Fsp3) is 0.176. The lowest BCUT2D eigenvalue weighted by atomic mass is 10.1. The molecule has 0 aliphatic heterocycles. The van der Waals surface area contributed by atoms with Crippen LogP contribution in [-0.2, 0) is 18.3 Å². The first-order valence-corrected chi connectivity index (χ1v) is 7.36. The number of ether oxygens (including phenoxy) is 1. The quantitative estimate of drug-likeness (QED) is 0.782. The van der Waals surface area contributed by atoms with E-state index in [1.54, 1.807) is 12.3 Å². The van der Waals surface area contributed by atoms with Gasteiger partial charge >= 0.3 is 6.36 Å². The summed E-state index contributed by atoms with van der Waals surface area (Å²) in [5, 5.41) is 3.53. The van der Waals surface area contributed by atoms with E-state index in [2.05, 4.69) is 15.0 Å². The number of nitrogens with one attached hydrogen (secondary N) is 1. The first kappa shape index (κ1) is 16.8. The number of halogens is 3. The Bertz CT molecular complexity index is 902. The number of carbonyl (C=O) groups excluding carboxylic acids is 1. The maximum absolute atomic E-state index is 12.2. The van der Waals surface area contributed by atoms with Crippen LogP contribution in [0.4, 0.5) is 18.9 Å². The highest BCUT2D eigenvalue weighted by atomic mass is 19.4. The second-order valence-electron chi connectivity index (χ2n) is 5.44. The molecule has 0 saturated heterocycles. The number of pyridine rings is 1. The van der Waals surface area contributed by atoms with E-state index in [4.69, 9.17) is 0 Å². The van der Waals surface area contributed by atoms with Gasteiger partial charge in [0.15, 0.2) is 0 Å². The number of aryl methyl sites for hydroxylation is 1. The highest BCUT2D eigenvalue weighted by Gasteiger charge is 2.30. The third-order valence-corrected chi connectivity index (χ3v) is 3.54. The minimum absolute atomic E-state index is 0.129. The molecule has 0 fully saturated rings. The molecule has 3 aromatic rings. The molecule has 0 saturated carbocycles. The van der Waals surface area contributed by atoms with Gasteiger partial charge in [-0.2, -0.15) is 0 Å². The van der Waals surface area contributed by atoms with Crippen LogP contribution in [0.25, 0.3) is 11.0 Å². The molecule has 130 valence electrons. The molecule has 0 atom stereocenters. The molecular weight excluding hydrogens is 335 g/mol. The van der Waals surface area contributed by atoms with Crippen molar-refractivity contribution in [1.82, 2.24) is 9.55 Å². The zero-order chi connectivity index (χ0) is 18.0. The lowest BCUT2D eigenvalue weighted by Crippen LogP contribution is -2.17. The third-order valence-electron chi connectivity index (χ3n) is 3.54. The van der Waals surface area contributed by atoms with Gasteiger partial charge in [-0.25, -0.2) is 4.98 Å². The van der Waals surface area contributed by atoms with Gasteiger partial charge in [-0.3, -0.25) is 4.79 Å². The summed E-state index contributed by atoms with van der Waals surface area (Å²) in [7, 11) is 1.84. The molecule has 0 unspecified atom stereocenters. The molecule has 1 aromatic carbocycles. The predicted octanol–water partition coefficient (Wildman–Crippen LogP) is 3.65. The Morgan fingerprint density at radius 1 is 1.24 bits per heavy atom. The van der Waals surface area contributed by atoms with Crippen molar-refractivity contribution in [2.24, 2.45) is 7.05 Å². The van der Waals surface area contributed by atoms with Gasteiger partial charge in [-0.05, 0) is 42.0 Å². The summed E-state index contributed by atoms with van der Waals surface area (Å²) in [6, 6.07) is 8.67. The molecule has 0 radical (unpaired) electrons. The van der Waals surface area contributed by atoms with E-state index >= 15 is 0 Å². The Balaban J connectivity index is 1.68. The summed E-state index contributed by atoms with van der Waals surface area (Å²) in [6.07, 6.45) is -1.11. The number of aromatic nitrogens is 2. The summed E-state index contributed by atoms with van der Waals surface area (Å²) in [6.45, 7) is 0. The molecule has 25 heavy (non-hydrogen) atoms. The van der Waals surface area contributed by atoms with Crippen molar-refractivity contribution in [3.05, 3.63) is 54.4 Å². The predicted molar refractivity (Wildman–Crippen MR) is 86.2 cm³/mol. The van der Waals surface area contributed by atoms with Gasteiger partial charge in [0.25, 0.3) is 0 Å². The second-order valence-corrected chi connectivity index (χ2v) is 5.44. The number of amides is 1. The molecule has 0 spiro atoms. The Kier molecular flexibility index (Phi) is 4.35. The van der Waals surface area contributed by atoms with Crippen LogP contribution in [0, 0.1) is 0 Å². The lowest BCUT2D eigenvalue weighted by Gasteiger charge is -2.10. The smallest absolute Gasteiger partial charge is 0.406 e. The van der Waals surface area contributed by atoms with E-state index in [9.17, 15) is 18.0 Å². The van der Waals surface area contributed by atoms with Crippen LogP contribution in [0.15, 0.2) is 48.8 Å². The molecule has 1 N–H and O–H groups in total. The third kappa shape index (κ3) is 4.09. The van der Waals surface area contributed by atoms with E-state index in [0.29, 0.717) is 5.69 Å². The molecule has 2 heterocycles. The van der Waals surface area contributed by atoms with Gasteiger partial charge < -0.3 is 14.6 Å². The number of anilines is 1. The average molecular weight is 349 g/mol. The van der Waals surface area contributed by atoms with Crippen LogP contribution < -0.4 is 10.1 Å². The van der Waals surface area contributed by atoms with Gasteiger partial charge in [0.2, 0.25) is 5.91 Å². The average Bonchev–Trinajstić information content (AvgIpc) is 2.84. The Morgan fingerprint density at radius 3 is 2.64 bits per heavy atom. The van der Waals surface area contributed by atoms with Crippen molar-refractivity contribution in [2.45, 2.75) is 12.8 Å². The molecule has 0 aliphatic rings. The highest BCUT2D eigenvalue weighted by molar-refractivity contribution is 5.95. The Labute approximate surface area is 141 Å². The monoisotopic (exact) mass is 349 g/mol. The molecular formula is C17H14F3N3O2. The second kappa shape index (κ2) is 6.46. The summed E-state index contributed by atoms with van der Waals surface area (Å²) >= 11 is 0. The Hall–Kier alpha value is -3.03. The molecule has 3 rings (SSSR count). The minimum Gasteiger partial charge on any atom is -0.406 e. The van der Waals surface area contributed by atoms with E-state index in [1.165, 1.54) is 12.1 Å². The maximum atomic E-state index is 12.2. The minimum atomic E-state index is -4.74. The van der Waals surface area contributed by atoms with Gasteiger partial charge in [0.05, 0.1) is 6.42 Å². The van der Waals surface area contributed by atoms with Crippen LogP contribution in [0.3, 0.4) is 0 Å².